The van der Waals surface area contributed by atoms with Crippen LogP contribution in [-0.4, -0.2) is 17.9 Å². The average Bonchev–Trinajstić information content (AvgIpc) is 2.66. The topological polar surface area (TPSA) is 53.5 Å². The summed E-state index contributed by atoms with van der Waals surface area (Å²) in [6.07, 6.45) is 0.636. The minimum absolute atomic E-state index is 0.0725. The lowest BCUT2D eigenvalue weighted by Gasteiger charge is -2.25. The quantitative estimate of drug-likeness (QED) is 0.893. The zero-order valence-electron chi connectivity index (χ0n) is 11.3. The van der Waals surface area contributed by atoms with E-state index < -0.39 is 5.54 Å². The molecule has 0 saturated carbocycles. The molecular formula is C14H18ClN3O. The molecule has 0 radical (unpaired) electrons. The molecule has 19 heavy (non-hydrogen) atoms. The number of amides is 1. The third-order valence-corrected chi connectivity index (χ3v) is 3.46. The van der Waals surface area contributed by atoms with Crippen LogP contribution in [-0.2, 0) is 10.3 Å². The standard InChI is InChI=1S/C14H18ClN3O/c1-4-14(10-5-7-11(15)8-6-10)12(19)17-13(18-14)16-9(2)3/h5-9H,4H2,1-3H3,(H2,16,17,18,19). The fourth-order valence-corrected chi connectivity index (χ4v) is 2.34. The number of aliphatic imine (C=N–C) groups is 1. The maximum Gasteiger partial charge on any atom is 0.257 e. The first kappa shape index (κ1) is 13.9. The Morgan fingerprint density at radius 3 is 2.47 bits per heavy atom. The van der Waals surface area contributed by atoms with Gasteiger partial charge >= 0.3 is 0 Å². The normalized spacial score (nSPS) is 24.7. The van der Waals surface area contributed by atoms with E-state index in [1.165, 1.54) is 0 Å². The molecule has 0 spiro atoms. The van der Waals surface area contributed by atoms with Gasteiger partial charge in [-0.1, -0.05) is 30.7 Å². The van der Waals surface area contributed by atoms with Crippen LogP contribution in [0.2, 0.25) is 5.02 Å². The van der Waals surface area contributed by atoms with E-state index in [-0.39, 0.29) is 11.9 Å². The third-order valence-electron chi connectivity index (χ3n) is 3.21. The van der Waals surface area contributed by atoms with E-state index in [1.807, 2.05) is 32.9 Å². The van der Waals surface area contributed by atoms with Crippen molar-refractivity contribution in [2.45, 2.75) is 38.8 Å². The molecule has 0 aromatic heterocycles. The van der Waals surface area contributed by atoms with Gasteiger partial charge in [0.25, 0.3) is 5.91 Å². The van der Waals surface area contributed by atoms with E-state index in [1.54, 1.807) is 12.1 Å². The van der Waals surface area contributed by atoms with E-state index in [4.69, 9.17) is 11.6 Å². The number of guanidine groups is 1. The highest BCUT2D eigenvalue weighted by molar-refractivity contribution is 6.30. The third kappa shape index (κ3) is 2.59. The highest BCUT2D eigenvalue weighted by atomic mass is 35.5. The summed E-state index contributed by atoms with van der Waals surface area (Å²) in [5.41, 5.74) is 0.143. The lowest BCUT2D eigenvalue weighted by molar-refractivity contribution is -0.124. The number of nitrogens with zero attached hydrogens (tertiary/aromatic N) is 1. The molecule has 102 valence electrons. The number of nitrogens with one attached hydrogen (secondary N) is 2. The summed E-state index contributed by atoms with van der Waals surface area (Å²) >= 11 is 5.90. The van der Waals surface area contributed by atoms with Crippen LogP contribution in [0, 0.1) is 0 Å². The Hall–Kier alpha value is -1.55. The summed E-state index contributed by atoms with van der Waals surface area (Å²) in [6.45, 7) is 5.91. The summed E-state index contributed by atoms with van der Waals surface area (Å²) < 4.78 is 0. The molecule has 1 aromatic rings. The Morgan fingerprint density at radius 1 is 1.32 bits per heavy atom. The van der Waals surface area contributed by atoms with Crippen molar-refractivity contribution in [2.24, 2.45) is 4.99 Å². The zero-order chi connectivity index (χ0) is 14.0. The highest BCUT2D eigenvalue weighted by Gasteiger charge is 2.45. The van der Waals surface area contributed by atoms with Crippen LogP contribution in [0.5, 0.6) is 0 Å². The maximum atomic E-state index is 12.3. The number of benzene rings is 1. The van der Waals surface area contributed by atoms with Crippen molar-refractivity contribution in [3.05, 3.63) is 34.9 Å². The summed E-state index contributed by atoms with van der Waals surface area (Å²) in [7, 11) is 0. The van der Waals surface area contributed by atoms with Crippen molar-refractivity contribution in [1.29, 1.82) is 0 Å². The number of halogens is 1. The second-order valence-corrected chi connectivity index (χ2v) is 5.35. The van der Waals surface area contributed by atoms with Crippen molar-refractivity contribution < 1.29 is 4.79 Å². The van der Waals surface area contributed by atoms with Crippen LogP contribution in [0.4, 0.5) is 0 Å². The van der Waals surface area contributed by atoms with Crippen molar-refractivity contribution in [3.8, 4) is 0 Å². The van der Waals surface area contributed by atoms with Crippen LogP contribution in [0.1, 0.15) is 32.8 Å². The van der Waals surface area contributed by atoms with Crippen LogP contribution < -0.4 is 10.6 Å². The van der Waals surface area contributed by atoms with Gasteiger partial charge in [-0.25, -0.2) is 0 Å². The fraction of sp³-hybridized carbons (Fsp3) is 0.429. The van der Waals surface area contributed by atoms with Gasteiger partial charge in [0.15, 0.2) is 5.96 Å². The van der Waals surface area contributed by atoms with Gasteiger partial charge in [-0.15, -0.1) is 0 Å². The summed E-state index contributed by atoms with van der Waals surface area (Å²) in [5, 5.41) is 6.68. The first-order valence-electron chi connectivity index (χ1n) is 6.41. The first-order chi connectivity index (χ1) is 8.98. The van der Waals surface area contributed by atoms with Gasteiger partial charge in [0.2, 0.25) is 0 Å². The van der Waals surface area contributed by atoms with Crippen LogP contribution in [0.15, 0.2) is 29.3 Å². The van der Waals surface area contributed by atoms with Gasteiger partial charge in [0.05, 0.1) is 0 Å². The molecule has 2 rings (SSSR count). The van der Waals surface area contributed by atoms with Crippen molar-refractivity contribution >= 4 is 23.5 Å². The molecule has 1 aliphatic heterocycles. The largest absolute Gasteiger partial charge is 0.338 e. The van der Waals surface area contributed by atoms with Crippen LogP contribution in [0.25, 0.3) is 0 Å². The minimum Gasteiger partial charge on any atom is -0.338 e. The monoisotopic (exact) mass is 279 g/mol. The molecule has 1 amide bonds. The van der Waals surface area contributed by atoms with Crippen molar-refractivity contribution in [2.75, 3.05) is 0 Å². The summed E-state index contributed by atoms with van der Waals surface area (Å²) in [4.78, 5) is 16.7. The van der Waals surface area contributed by atoms with Gasteiger partial charge in [0, 0.05) is 11.1 Å². The Kier molecular flexibility index (Phi) is 3.80. The molecule has 1 aliphatic rings. The van der Waals surface area contributed by atoms with E-state index in [9.17, 15) is 4.79 Å². The smallest absolute Gasteiger partial charge is 0.257 e. The molecule has 0 aliphatic carbocycles. The predicted molar refractivity (Wildman–Crippen MR) is 77.3 cm³/mol. The number of rotatable bonds is 3. The Labute approximate surface area is 118 Å². The van der Waals surface area contributed by atoms with Crippen molar-refractivity contribution in [3.63, 3.8) is 0 Å². The van der Waals surface area contributed by atoms with Crippen LogP contribution >= 0.6 is 11.6 Å². The Balaban J connectivity index is 2.38. The molecule has 4 nitrogen and oxygen atoms in total. The molecule has 1 unspecified atom stereocenters. The molecular weight excluding hydrogens is 262 g/mol. The highest BCUT2D eigenvalue weighted by Crippen LogP contribution is 2.29. The lowest BCUT2D eigenvalue weighted by atomic mass is 9.87. The molecule has 1 aromatic carbocycles. The Morgan fingerprint density at radius 2 is 1.95 bits per heavy atom. The molecule has 1 atom stereocenters. The maximum absolute atomic E-state index is 12.3. The average molecular weight is 280 g/mol. The zero-order valence-corrected chi connectivity index (χ0v) is 12.1. The fourth-order valence-electron chi connectivity index (χ4n) is 2.22. The minimum atomic E-state index is -0.752. The predicted octanol–water partition coefficient (Wildman–Crippen LogP) is 2.43. The molecule has 1 fully saturated rings. The van der Waals surface area contributed by atoms with Gasteiger partial charge in [-0.05, 0) is 38.0 Å². The molecule has 1 saturated heterocycles. The second-order valence-electron chi connectivity index (χ2n) is 4.92. The number of hydrogen-bond acceptors (Lipinski definition) is 2. The summed E-state index contributed by atoms with van der Waals surface area (Å²) in [6, 6.07) is 7.45. The first-order valence-corrected chi connectivity index (χ1v) is 6.79. The molecule has 0 bridgehead atoms. The SMILES string of the molecule is CCC1(c2ccc(Cl)cc2)NC(=NC(C)C)NC1=O. The van der Waals surface area contributed by atoms with E-state index in [2.05, 4.69) is 15.6 Å². The number of carbonyl (C=O) groups is 1. The van der Waals surface area contributed by atoms with Gasteiger partial charge in [-0.3, -0.25) is 15.1 Å². The molecule has 5 heteroatoms. The number of hydrogen-bond donors (Lipinski definition) is 2. The lowest BCUT2D eigenvalue weighted by Crippen LogP contribution is -2.43. The van der Waals surface area contributed by atoms with E-state index in [0.717, 1.165) is 5.56 Å². The number of carbonyl (C=O) groups excluding carboxylic acids is 1. The van der Waals surface area contributed by atoms with Gasteiger partial charge in [0.1, 0.15) is 5.54 Å². The van der Waals surface area contributed by atoms with Gasteiger partial charge < -0.3 is 5.32 Å². The molecule has 1 heterocycles. The van der Waals surface area contributed by atoms with E-state index in [0.29, 0.717) is 17.4 Å². The van der Waals surface area contributed by atoms with Crippen molar-refractivity contribution in [1.82, 2.24) is 10.6 Å². The summed E-state index contributed by atoms with van der Waals surface area (Å²) in [5.74, 6) is 0.466. The van der Waals surface area contributed by atoms with Gasteiger partial charge in [-0.2, -0.15) is 0 Å². The second kappa shape index (κ2) is 5.21. The Bertz CT molecular complexity index is 510. The van der Waals surface area contributed by atoms with E-state index >= 15 is 0 Å². The molecule has 2 N–H and O–H groups in total. The van der Waals surface area contributed by atoms with Crippen LogP contribution in [0.3, 0.4) is 0 Å².